The molecule has 2 atom stereocenters. The molecule has 35 heavy (non-hydrogen) atoms. The van der Waals surface area contributed by atoms with Gasteiger partial charge < -0.3 is 20.1 Å². The summed E-state index contributed by atoms with van der Waals surface area (Å²) in [6.45, 7) is 6.67. The largest absolute Gasteiger partial charge is 1.00 e. The zero-order valence-electron chi connectivity index (χ0n) is 19.6. The molecule has 1 aromatic carbocycles. The van der Waals surface area contributed by atoms with Gasteiger partial charge in [0.1, 0.15) is 11.4 Å². The Hall–Kier alpha value is -1.98. The number of carbonyl (C=O) groups excluding carboxylic acids is 4. The number of allylic oxidation sites excluding steroid dienone is 1. The Morgan fingerprint density at radius 1 is 1.29 bits per heavy atom. The Labute approximate surface area is 234 Å². The maximum Gasteiger partial charge on any atom is 1.00 e. The molecule has 0 bridgehead atoms. The zero-order chi connectivity index (χ0) is 24.4. The van der Waals surface area contributed by atoms with Crippen LogP contribution in [0.2, 0.25) is 0 Å². The summed E-state index contributed by atoms with van der Waals surface area (Å²) in [5, 5.41) is 14.2. The van der Waals surface area contributed by atoms with Gasteiger partial charge in [0.15, 0.2) is 0 Å². The van der Waals surface area contributed by atoms with Crippen LogP contribution in [0.25, 0.3) is 0 Å². The molecule has 1 aromatic rings. The van der Waals surface area contributed by atoms with Crippen LogP contribution in [0.15, 0.2) is 70.3 Å². The molecule has 0 saturated carbocycles. The van der Waals surface area contributed by atoms with Crippen molar-refractivity contribution in [2.75, 3.05) is 24.6 Å². The molecule has 0 unspecified atom stereocenters. The van der Waals surface area contributed by atoms with Gasteiger partial charge in [-0.05, 0) is 37.1 Å². The number of hydrogen-bond acceptors (Lipinski definition) is 7. The number of likely N-dealkylation sites (tertiary alicyclic amines) is 1. The SMILES string of the molecule is C=C(C)CN1CC/C(=C\C2=C(C(=O)[O-])N3C(=O)[C@@H](NC(=O)CSc4ccccc4)[C@H]3SC2)C1=O.[Na+]. The van der Waals surface area contributed by atoms with E-state index in [2.05, 4.69) is 11.9 Å². The van der Waals surface area contributed by atoms with E-state index >= 15 is 0 Å². The van der Waals surface area contributed by atoms with Gasteiger partial charge in [-0.3, -0.25) is 19.3 Å². The van der Waals surface area contributed by atoms with E-state index in [9.17, 15) is 24.3 Å². The van der Waals surface area contributed by atoms with Crippen molar-refractivity contribution < 1.29 is 53.8 Å². The number of amides is 3. The molecular formula is C24H24N3NaO5S2. The number of carboxylic acids is 1. The fraction of sp³-hybridized carbons (Fsp3) is 0.333. The van der Waals surface area contributed by atoms with Gasteiger partial charge in [0.2, 0.25) is 11.8 Å². The van der Waals surface area contributed by atoms with E-state index in [1.165, 1.54) is 23.5 Å². The number of benzene rings is 1. The standard InChI is InChI=1S/C24H25N3O5S2.Na/c1-14(2)11-26-9-8-15(21(26)29)10-16-12-34-23-19(22(30)27(23)20(16)24(31)32)25-18(28)13-33-17-6-4-3-5-7-17;/h3-7,10,19,23H,1,8-9,11-13H2,2H3,(H,25,28)(H,31,32);/q;+1/p-1/b15-10+;/t19-,23-;/m1./s1. The quantitative estimate of drug-likeness (QED) is 0.138. The average Bonchev–Trinajstić information content (AvgIpc) is 3.14. The van der Waals surface area contributed by atoms with Crippen molar-refractivity contribution in [3.8, 4) is 0 Å². The van der Waals surface area contributed by atoms with E-state index < -0.39 is 23.3 Å². The normalized spacial score (nSPS) is 22.5. The first-order valence-electron chi connectivity index (χ1n) is 10.8. The van der Waals surface area contributed by atoms with Crippen LogP contribution in [0.1, 0.15) is 13.3 Å². The Morgan fingerprint density at radius 2 is 2.00 bits per heavy atom. The smallest absolute Gasteiger partial charge is 0.543 e. The predicted octanol–water partition coefficient (Wildman–Crippen LogP) is -2.08. The van der Waals surface area contributed by atoms with Gasteiger partial charge in [-0.1, -0.05) is 30.4 Å². The van der Waals surface area contributed by atoms with Crippen molar-refractivity contribution in [2.45, 2.75) is 29.7 Å². The number of nitrogens with zero attached hydrogens (tertiary/aromatic N) is 2. The van der Waals surface area contributed by atoms with Gasteiger partial charge in [0.25, 0.3) is 5.91 Å². The van der Waals surface area contributed by atoms with Crippen molar-refractivity contribution in [3.63, 3.8) is 0 Å². The van der Waals surface area contributed by atoms with Gasteiger partial charge in [-0.25, -0.2) is 0 Å². The monoisotopic (exact) mass is 521 g/mol. The van der Waals surface area contributed by atoms with Gasteiger partial charge in [0, 0.05) is 29.3 Å². The second kappa shape index (κ2) is 11.8. The van der Waals surface area contributed by atoms with E-state index in [4.69, 9.17) is 0 Å². The van der Waals surface area contributed by atoms with Crippen LogP contribution in [-0.4, -0.2) is 69.5 Å². The van der Waals surface area contributed by atoms with E-state index in [1.54, 1.807) is 11.0 Å². The second-order valence-electron chi connectivity index (χ2n) is 8.32. The number of aliphatic carboxylic acids is 1. The Kier molecular flexibility index (Phi) is 9.34. The van der Waals surface area contributed by atoms with Crippen LogP contribution in [0.5, 0.6) is 0 Å². The molecule has 3 aliphatic rings. The molecule has 0 aromatic heterocycles. The molecular weight excluding hydrogens is 497 g/mol. The van der Waals surface area contributed by atoms with Crippen molar-refractivity contribution in [3.05, 3.63) is 65.4 Å². The molecule has 2 fully saturated rings. The van der Waals surface area contributed by atoms with Crippen LogP contribution in [-0.2, 0) is 19.2 Å². The number of rotatable bonds is 8. The molecule has 11 heteroatoms. The minimum atomic E-state index is -1.47. The summed E-state index contributed by atoms with van der Waals surface area (Å²) >= 11 is 2.71. The summed E-state index contributed by atoms with van der Waals surface area (Å²) < 4.78 is 0. The third-order valence-electron chi connectivity index (χ3n) is 5.64. The summed E-state index contributed by atoms with van der Waals surface area (Å²) in [4.78, 5) is 53.6. The minimum absolute atomic E-state index is 0. The number of carboxylic acid groups (broad SMARTS) is 1. The summed E-state index contributed by atoms with van der Waals surface area (Å²) in [6.07, 6.45) is 2.07. The van der Waals surface area contributed by atoms with Gasteiger partial charge >= 0.3 is 29.6 Å². The third-order valence-corrected chi connectivity index (χ3v) is 7.96. The van der Waals surface area contributed by atoms with Crippen LogP contribution in [0.3, 0.4) is 0 Å². The van der Waals surface area contributed by atoms with Crippen molar-refractivity contribution >= 4 is 47.2 Å². The van der Waals surface area contributed by atoms with E-state index in [0.29, 0.717) is 36.4 Å². The van der Waals surface area contributed by atoms with E-state index in [-0.39, 0.29) is 52.8 Å². The first-order valence-corrected chi connectivity index (χ1v) is 12.8. The Morgan fingerprint density at radius 3 is 2.66 bits per heavy atom. The molecule has 3 amide bonds. The molecule has 8 nitrogen and oxygen atoms in total. The molecule has 3 aliphatic heterocycles. The predicted molar refractivity (Wildman–Crippen MR) is 128 cm³/mol. The number of thioether (sulfide) groups is 2. The molecule has 0 radical (unpaired) electrons. The van der Waals surface area contributed by atoms with E-state index in [0.717, 1.165) is 15.4 Å². The van der Waals surface area contributed by atoms with Gasteiger partial charge in [-0.15, -0.1) is 23.5 Å². The second-order valence-corrected chi connectivity index (χ2v) is 10.5. The van der Waals surface area contributed by atoms with Gasteiger partial charge in [0.05, 0.1) is 17.4 Å². The van der Waals surface area contributed by atoms with Crippen molar-refractivity contribution in [2.24, 2.45) is 0 Å². The van der Waals surface area contributed by atoms with Crippen LogP contribution >= 0.6 is 23.5 Å². The molecule has 178 valence electrons. The third kappa shape index (κ3) is 6.06. The first-order chi connectivity index (χ1) is 16.3. The number of β-lactam (4-membered cyclic amide) rings is 1. The molecule has 2 saturated heterocycles. The average molecular weight is 522 g/mol. The summed E-state index contributed by atoms with van der Waals surface area (Å²) in [7, 11) is 0. The number of hydrogen-bond donors (Lipinski definition) is 1. The van der Waals surface area contributed by atoms with Crippen LogP contribution in [0.4, 0.5) is 0 Å². The Bertz CT molecular complexity index is 1120. The first kappa shape index (κ1) is 27.6. The van der Waals surface area contributed by atoms with Crippen LogP contribution < -0.4 is 40.0 Å². The molecule has 0 aliphatic carbocycles. The summed E-state index contributed by atoms with van der Waals surface area (Å²) in [5.41, 5.74) is 1.52. The van der Waals surface area contributed by atoms with Crippen molar-refractivity contribution in [1.82, 2.24) is 15.1 Å². The summed E-state index contributed by atoms with van der Waals surface area (Å²) in [5.74, 6) is -1.98. The number of nitrogens with one attached hydrogen (secondary N) is 1. The number of fused-ring (bicyclic) bond motifs is 1. The van der Waals surface area contributed by atoms with Crippen LogP contribution in [0, 0.1) is 0 Å². The minimum Gasteiger partial charge on any atom is -0.543 e. The topological polar surface area (TPSA) is 110 Å². The van der Waals surface area contributed by atoms with E-state index in [1.807, 2.05) is 37.3 Å². The molecule has 0 spiro atoms. The zero-order valence-corrected chi connectivity index (χ0v) is 23.2. The maximum atomic E-state index is 12.8. The molecule has 1 N–H and O–H groups in total. The summed E-state index contributed by atoms with van der Waals surface area (Å²) in [6, 6.07) is 8.64. The number of carbonyl (C=O) groups is 4. The molecule has 3 heterocycles. The fourth-order valence-corrected chi connectivity index (χ4v) is 6.15. The Balaban J connectivity index is 0.00000342. The molecule has 4 rings (SSSR count). The maximum absolute atomic E-state index is 12.8. The van der Waals surface area contributed by atoms with Gasteiger partial charge in [-0.2, -0.15) is 0 Å². The van der Waals surface area contributed by atoms with Crippen molar-refractivity contribution in [1.29, 1.82) is 0 Å². The fourth-order valence-electron chi connectivity index (χ4n) is 4.11.